The number of hydrogen-bond acceptors (Lipinski definition) is 29. The second-order valence-electron chi connectivity index (χ2n) is 31.2. The van der Waals surface area contributed by atoms with Crippen LogP contribution >= 0.6 is 0 Å². The SMILES string of the molecule is CCCCCCCCCCCCCCCCCCCCCCCC(O)C(=O)NC(COC1OC(COC2(C(=O)O)CC(OC3(C(=O)O)CC(O)C(NC(=O)COC4OC(C)C(O)C(O)C4O)C(C(O)C(O)CO)O3)C(NC(C)=O)C(C(O)C(O)CO)O2)C(O)C(O)C1O)C(O)C(O)CCCCCCCCCCC(C)C. The van der Waals surface area contributed by atoms with Crippen molar-refractivity contribution in [3.05, 3.63) is 0 Å². The Labute approximate surface area is 647 Å². The van der Waals surface area contributed by atoms with Gasteiger partial charge >= 0.3 is 11.9 Å². The molecule has 26 atom stereocenters. The molecule has 0 aromatic rings. The zero-order chi connectivity index (χ0) is 81.7. The Bertz CT molecular complexity index is 2560. The van der Waals surface area contributed by atoms with Crippen LogP contribution in [0, 0.1) is 5.92 Å². The van der Waals surface area contributed by atoms with E-state index >= 15 is 0 Å². The third-order valence-corrected chi connectivity index (χ3v) is 21.5. The molecule has 34 nitrogen and oxygen atoms in total. The molecule has 644 valence electrons. The molecule has 0 aromatic heterocycles. The highest BCUT2D eigenvalue weighted by molar-refractivity contribution is 5.81. The Morgan fingerprint density at radius 1 is 0.500 bits per heavy atom. The average molecular weight is 1590 g/mol. The number of hydrogen-bond donors (Lipinski definition) is 21. The Balaban J connectivity index is 1.51. The second kappa shape index (κ2) is 52.2. The molecule has 34 heteroatoms. The maximum Gasteiger partial charge on any atom is 0.364 e. The largest absolute Gasteiger partial charge is 0.477 e. The summed E-state index contributed by atoms with van der Waals surface area (Å²) in [6, 6.07) is -5.57. The van der Waals surface area contributed by atoms with E-state index in [0.717, 1.165) is 84.0 Å². The van der Waals surface area contributed by atoms with E-state index in [1.165, 1.54) is 110 Å². The van der Waals surface area contributed by atoms with Gasteiger partial charge in [0.25, 0.3) is 11.6 Å². The Morgan fingerprint density at radius 3 is 1.40 bits per heavy atom. The summed E-state index contributed by atoms with van der Waals surface area (Å²) in [5.74, 6) is -13.6. The van der Waals surface area contributed by atoms with Crippen molar-refractivity contribution in [1.29, 1.82) is 0 Å². The van der Waals surface area contributed by atoms with Crippen molar-refractivity contribution in [3.8, 4) is 0 Å². The number of rotatable bonds is 58. The molecule has 4 saturated heterocycles. The minimum Gasteiger partial charge on any atom is -0.477 e. The summed E-state index contributed by atoms with van der Waals surface area (Å²) in [6.45, 7) is 3.18. The fourth-order valence-corrected chi connectivity index (χ4v) is 14.6. The molecule has 110 heavy (non-hydrogen) atoms. The minimum atomic E-state index is -3.41. The first-order valence-corrected chi connectivity index (χ1v) is 40.6. The van der Waals surface area contributed by atoms with Crippen molar-refractivity contribution in [1.82, 2.24) is 16.0 Å². The van der Waals surface area contributed by atoms with Crippen LogP contribution in [-0.2, 0) is 61.9 Å². The topological polar surface area (TPSA) is 559 Å². The maximum absolute atomic E-state index is 13.8. The molecule has 0 bridgehead atoms. The van der Waals surface area contributed by atoms with E-state index in [0.29, 0.717) is 18.8 Å². The van der Waals surface area contributed by atoms with Gasteiger partial charge < -0.3 is 146 Å². The Kier molecular flexibility index (Phi) is 46.8. The lowest BCUT2D eigenvalue weighted by Gasteiger charge is -2.52. The van der Waals surface area contributed by atoms with Gasteiger partial charge in [0.05, 0.1) is 69.0 Å². The summed E-state index contributed by atoms with van der Waals surface area (Å²) >= 11 is 0. The summed E-state index contributed by atoms with van der Waals surface area (Å²) in [4.78, 5) is 67.7. The quantitative estimate of drug-likeness (QED) is 0.0373. The number of carbonyl (C=O) groups is 5. The van der Waals surface area contributed by atoms with Crippen LogP contribution in [0.2, 0.25) is 0 Å². The van der Waals surface area contributed by atoms with Crippen LogP contribution in [0.25, 0.3) is 0 Å². The van der Waals surface area contributed by atoms with Gasteiger partial charge in [0.15, 0.2) is 12.6 Å². The first-order valence-electron chi connectivity index (χ1n) is 40.6. The van der Waals surface area contributed by atoms with E-state index < -0.39 is 234 Å². The predicted molar refractivity (Wildman–Crippen MR) is 393 cm³/mol. The molecular formula is C76H139N3O31. The van der Waals surface area contributed by atoms with E-state index in [-0.39, 0.29) is 12.8 Å². The number of aliphatic carboxylic acids is 2. The van der Waals surface area contributed by atoms with Crippen molar-refractivity contribution < 1.29 is 154 Å². The highest BCUT2D eigenvalue weighted by atomic mass is 16.8. The predicted octanol–water partition coefficient (Wildman–Crippen LogP) is 0.701. The number of aliphatic hydroxyl groups excluding tert-OH is 16. The molecule has 4 aliphatic heterocycles. The Morgan fingerprint density at radius 2 is 0.936 bits per heavy atom. The lowest BCUT2D eigenvalue weighted by atomic mass is 9.86. The molecule has 26 unspecified atom stereocenters. The number of unbranched alkanes of at least 4 members (excludes halogenated alkanes) is 27. The van der Waals surface area contributed by atoms with E-state index in [9.17, 15) is 116 Å². The molecular weight excluding hydrogens is 1450 g/mol. The van der Waals surface area contributed by atoms with Gasteiger partial charge in [-0.05, 0) is 25.7 Å². The Hall–Kier alpha value is -3.61. The van der Waals surface area contributed by atoms with Gasteiger partial charge in [-0.15, -0.1) is 0 Å². The van der Waals surface area contributed by atoms with Crippen molar-refractivity contribution in [2.24, 2.45) is 5.92 Å². The summed E-state index contributed by atoms with van der Waals surface area (Å²) < 4.78 is 46.1. The van der Waals surface area contributed by atoms with Gasteiger partial charge in [-0.1, -0.05) is 213 Å². The third-order valence-electron chi connectivity index (χ3n) is 21.5. The lowest BCUT2D eigenvalue weighted by molar-refractivity contribution is -0.365. The number of ether oxygens (including phenoxy) is 8. The van der Waals surface area contributed by atoms with Crippen molar-refractivity contribution >= 4 is 29.7 Å². The zero-order valence-corrected chi connectivity index (χ0v) is 65.4. The molecule has 0 aromatic carbocycles. The van der Waals surface area contributed by atoms with Gasteiger partial charge in [0, 0.05) is 19.8 Å². The monoisotopic (exact) mass is 1590 g/mol. The molecule has 3 amide bonds. The number of aliphatic hydroxyl groups is 16. The summed E-state index contributed by atoms with van der Waals surface area (Å²) in [5, 5.41) is 205. The number of carboxylic acids is 2. The van der Waals surface area contributed by atoms with Gasteiger partial charge in [0.2, 0.25) is 17.7 Å². The van der Waals surface area contributed by atoms with Crippen LogP contribution in [0.4, 0.5) is 0 Å². The van der Waals surface area contributed by atoms with Gasteiger partial charge in [-0.2, -0.15) is 0 Å². The highest BCUT2D eigenvalue weighted by Gasteiger charge is 2.63. The first-order chi connectivity index (χ1) is 52.3. The molecule has 4 aliphatic rings. The van der Waals surface area contributed by atoms with E-state index in [2.05, 4.69) is 36.7 Å². The molecule has 21 N–H and O–H groups in total. The summed E-state index contributed by atoms with van der Waals surface area (Å²) in [6.07, 6.45) is -11.3. The standard InChI is InChI=1S/C76H139N3O31/c1-6-7-8-9-10-11-12-13-14-15-16-17-18-19-20-21-22-23-28-31-34-37-50(84)70(98)78-48(60(90)49(83)36-33-30-27-25-24-26-29-32-35-45(2)3)42-103-72-67(97)65(95)63(93)55(107-72)43-105-75(73(99)100)39-54(58(77-47(5)82)69(109-75)62(92)53(87)41-81)108-76(74(101)102)38-51(85)57(68(110-76)61(91)52(86)40-80)79-56(88)44-104-71-66(96)64(94)59(89)46(4)106-71/h45-46,48-55,57-69,71-72,80-81,83-87,89-97H,6-44H2,1-5H3,(H,77,82)(H,78,98)(H,79,88)(H,99,100)(H,101,102). The molecule has 0 saturated carbocycles. The zero-order valence-electron chi connectivity index (χ0n) is 65.4. The smallest absolute Gasteiger partial charge is 0.364 e. The van der Waals surface area contributed by atoms with Gasteiger partial charge in [0.1, 0.15) is 98.2 Å². The summed E-state index contributed by atoms with van der Waals surface area (Å²) in [7, 11) is 0. The van der Waals surface area contributed by atoms with Crippen LogP contribution in [0.15, 0.2) is 0 Å². The number of carbonyl (C=O) groups excluding carboxylic acids is 3. The molecule has 4 heterocycles. The molecule has 4 fully saturated rings. The third kappa shape index (κ3) is 32.5. The van der Waals surface area contributed by atoms with Crippen LogP contribution in [-0.4, -0.2) is 313 Å². The number of amides is 3. The van der Waals surface area contributed by atoms with Gasteiger partial charge in [-0.25, -0.2) is 9.59 Å². The first kappa shape index (κ1) is 98.8. The number of nitrogens with one attached hydrogen (secondary N) is 3. The normalized spacial score (nSPS) is 30.9. The molecule has 0 radical (unpaired) electrons. The second-order valence-corrected chi connectivity index (χ2v) is 31.2. The van der Waals surface area contributed by atoms with E-state index in [1.807, 2.05) is 0 Å². The van der Waals surface area contributed by atoms with Crippen molar-refractivity contribution in [2.45, 2.75) is 411 Å². The number of carboxylic acid groups (broad SMARTS) is 2. The molecule has 0 aliphatic carbocycles. The van der Waals surface area contributed by atoms with E-state index in [1.54, 1.807) is 0 Å². The van der Waals surface area contributed by atoms with Crippen LogP contribution < -0.4 is 16.0 Å². The van der Waals surface area contributed by atoms with Gasteiger partial charge in [-0.3, -0.25) is 14.4 Å². The van der Waals surface area contributed by atoms with Crippen LogP contribution in [0.3, 0.4) is 0 Å². The fraction of sp³-hybridized carbons (Fsp3) is 0.934. The molecule has 4 rings (SSSR count). The van der Waals surface area contributed by atoms with Crippen molar-refractivity contribution in [3.63, 3.8) is 0 Å². The minimum absolute atomic E-state index is 0.0550. The summed E-state index contributed by atoms with van der Waals surface area (Å²) in [5.41, 5.74) is 0. The lowest BCUT2D eigenvalue weighted by Crippen LogP contribution is -2.72. The fourth-order valence-electron chi connectivity index (χ4n) is 14.6. The van der Waals surface area contributed by atoms with Crippen LogP contribution in [0.1, 0.15) is 253 Å². The molecule has 0 spiro atoms. The highest BCUT2D eigenvalue weighted by Crippen LogP contribution is 2.42. The van der Waals surface area contributed by atoms with Crippen LogP contribution in [0.5, 0.6) is 0 Å². The van der Waals surface area contributed by atoms with Crippen molar-refractivity contribution in [2.75, 3.05) is 33.0 Å². The average Bonchev–Trinajstić information content (AvgIpc) is 0.742. The maximum atomic E-state index is 13.8. The van der Waals surface area contributed by atoms with E-state index in [4.69, 9.17) is 37.9 Å².